The van der Waals surface area contributed by atoms with Crippen LogP contribution in [0.5, 0.6) is 0 Å². The van der Waals surface area contributed by atoms with Gasteiger partial charge in [0.05, 0.1) is 4.88 Å². The zero-order valence-corrected chi connectivity index (χ0v) is 16.5. The van der Waals surface area contributed by atoms with Crippen LogP contribution in [0.4, 0.5) is 0 Å². The molecule has 1 amide bonds. The van der Waals surface area contributed by atoms with E-state index in [1.165, 1.54) is 0 Å². The summed E-state index contributed by atoms with van der Waals surface area (Å²) in [6, 6.07) is 10.1. The Labute approximate surface area is 163 Å². The number of hydrogen-bond donors (Lipinski definition) is 1. The highest BCUT2D eigenvalue weighted by molar-refractivity contribution is 7.17. The fourth-order valence-electron chi connectivity index (χ4n) is 4.13. The third-order valence-electron chi connectivity index (χ3n) is 5.41. The summed E-state index contributed by atoms with van der Waals surface area (Å²) in [7, 11) is 0. The van der Waals surface area contributed by atoms with Crippen molar-refractivity contribution in [3.05, 3.63) is 45.8 Å². The summed E-state index contributed by atoms with van der Waals surface area (Å²) in [6.45, 7) is 3.73. The maximum Gasteiger partial charge on any atom is 0.263 e. The quantitative estimate of drug-likeness (QED) is 0.805. The Hall–Kier alpha value is -1.07. The molecule has 1 saturated heterocycles. The van der Waals surface area contributed by atoms with Crippen LogP contribution in [0.3, 0.4) is 0 Å². The summed E-state index contributed by atoms with van der Waals surface area (Å²) in [5, 5.41) is 0.717. The van der Waals surface area contributed by atoms with E-state index in [4.69, 9.17) is 17.3 Å². The molecule has 0 spiro atoms. The standard InChI is InChI=1S/C19H21ClN2OS.ClH/c1-11-7-17(24-18(11)12-3-2-4-14(20)8-12)19(23)22-9-13-5-6-16(21)15(13)10-22;/h2-4,7-8,13,15-16H,5-6,9-10,21H2,1H3;1H. The molecule has 2 aromatic rings. The Morgan fingerprint density at radius 1 is 1.28 bits per heavy atom. The lowest BCUT2D eigenvalue weighted by Gasteiger charge is -2.17. The molecule has 0 bridgehead atoms. The van der Waals surface area contributed by atoms with Gasteiger partial charge in [0.1, 0.15) is 0 Å². The number of amides is 1. The van der Waals surface area contributed by atoms with Crippen molar-refractivity contribution in [1.82, 2.24) is 4.90 Å². The predicted molar refractivity (Wildman–Crippen MR) is 107 cm³/mol. The van der Waals surface area contributed by atoms with Gasteiger partial charge in [-0.05, 0) is 60.9 Å². The van der Waals surface area contributed by atoms with Gasteiger partial charge in [0.2, 0.25) is 0 Å². The highest BCUT2D eigenvalue weighted by Crippen LogP contribution is 2.39. The maximum atomic E-state index is 12.9. The molecule has 1 aromatic carbocycles. The highest BCUT2D eigenvalue weighted by Gasteiger charge is 2.42. The molecular formula is C19H22Cl2N2OS. The first kappa shape index (κ1) is 18.7. The predicted octanol–water partition coefficient (Wildman–Crippen LogP) is 4.61. The molecule has 2 heterocycles. The van der Waals surface area contributed by atoms with E-state index in [9.17, 15) is 4.79 Å². The summed E-state index contributed by atoms with van der Waals surface area (Å²) in [6.07, 6.45) is 2.27. The minimum Gasteiger partial charge on any atom is -0.337 e. The van der Waals surface area contributed by atoms with Crippen LogP contribution in [0.1, 0.15) is 28.1 Å². The van der Waals surface area contributed by atoms with Gasteiger partial charge in [0.25, 0.3) is 5.91 Å². The number of aryl methyl sites for hydroxylation is 1. The zero-order valence-electron chi connectivity index (χ0n) is 14.1. The minimum absolute atomic E-state index is 0. The fourth-order valence-corrected chi connectivity index (χ4v) is 5.46. The number of benzene rings is 1. The molecule has 1 saturated carbocycles. The van der Waals surface area contributed by atoms with Gasteiger partial charge >= 0.3 is 0 Å². The molecular weight excluding hydrogens is 375 g/mol. The van der Waals surface area contributed by atoms with Gasteiger partial charge in [-0.25, -0.2) is 0 Å². The largest absolute Gasteiger partial charge is 0.337 e. The van der Waals surface area contributed by atoms with Crippen molar-refractivity contribution in [1.29, 1.82) is 0 Å². The second kappa shape index (κ2) is 7.28. The van der Waals surface area contributed by atoms with Crippen LogP contribution in [0.15, 0.2) is 30.3 Å². The normalized spacial score (nSPS) is 24.9. The minimum atomic E-state index is 0. The Morgan fingerprint density at radius 2 is 2.08 bits per heavy atom. The summed E-state index contributed by atoms with van der Waals surface area (Å²) >= 11 is 7.67. The Balaban J connectivity index is 0.00000182. The number of hydrogen-bond acceptors (Lipinski definition) is 3. The molecule has 1 aliphatic carbocycles. The fraction of sp³-hybridized carbons (Fsp3) is 0.421. The lowest BCUT2D eigenvalue weighted by Crippen LogP contribution is -2.33. The van der Waals surface area contributed by atoms with E-state index in [2.05, 4.69) is 6.92 Å². The number of likely N-dealkylation sites (tertiary alicyclic amines) is 1. The van der Waals surface area contributed by atoms with Crippen molar-refractivity contribution in [2.75, 3.05) is 13.1 Å². The van der Waals surface area contributed by atoms with Crippen LogP contribution in [-0.4, -0.2) is 29.9 Å². The number of fused-ring (bicyclic) bond motifs is 1. The van der Waals surface area contributed by atoms with Gasteiger partial charge in [-0.1, -0.05) is 23.7 Å². The Morgan fingerprint density at radius 3 is 2.80 bits per heavy atom. The Bertz CT molecular complexity index is 791. The summed E-state index contributed by atoms with van der Waals surface area (Å²) in [5.74, 6) is 1.23. The maximum absolute atomic E-state index is 12.9. The van der Waals surface area contributed by atoms with E-state index in [0.29, 0.717) is 11.8 Å². The van der Waals surface area contributed by atoms with E-state index in [1.54, 1.807) is 11.3 Å². The number of thiophene rings is 1. The molecule has 6 heteroatoms. The average Bonchev–Trinajstić information content (AvgIpc) is 3.23. The van der Waals surface area contributed by atoms with E-state index in [1.807, 2.05) is 35.2 Å². The van der Waals surface area contributed by atoms with Gasteiger partial charge in [-0.3, -0.25) is 4.79 Å². The van der Waals surface area contributed by atoms with Gasteiger partial charge < -0.3 is 10.6 Å². The SMILES string of the molecule is Cc1cc(C(=O)N2CC3CCC(N)C3C2)sc1-c1cccc(Cl)c1.Cl. The van der Waals surface area contributed by atoms with Crippen LogP contribution in [-0.2, 0) is 0 Å². The van der Waals surface area contributed by atoms with Gasteiger partial charge in [0, 0.05) is 29.0 Å². The van der Waals surface area contributed by atoms with Gasteiger partial charge in [-0.15, -0.1) is 23.7 Å². The molecule has 2 fully saturated rings. The molecule has 3 nitrogen and oxygen atoms in total. The van der Waals surface area contributed by atoms with Gasteiger partial charge in [-0.2, -0.15) is 0 Å². The van der Waals surface area contributed by atoms with Crippen LogP contribution < -0.4 is 5.73 Å². The lowest BCUT2D eigenvalue weighted by molar-refractivity contribution is 0.0784. The van der Waals surface area contributed by atoms with Crippen molar-refractivity contribution in [2.24, 2.45) is 17.6 Å². The first-order valence-corrected chi connectivity index (χ1v) is 9.63. The van der Waals surface area contributed by atoms with Crippen LogP contribution in [0.25, 0.3) is 10.4 Å². The number of nitrogens with zero attached hydrogens (tertiary/aromatic N) is 1. The first-order chi connectivity index (χ1) is 11.5. The van der Waals surface area contributed by atoms with Crippen LogP contribution >= 0.6 is 35.3 Å². The number of nitrogens with two attached hydrogens (primary N) is 1. The van der Waals surface area contributed by atoms with Crippen LogP contribution in [0, 0.1) is 18.8 Å². The first-order valence-electron chi connectivity index (χ1n) is 8.44. The highest BCUT2D eigenvalue weighted by atomic mass is 35.5. The topological polar surface area (TPSA) is 46.3 Å². The second-order valence-electron chi connectivity index (χ2n) is 7.01. The molecule has 0 radical (unpaired) electrons. The zero-order chi connectivity index (χ0) is 16.8. The lowest BCUT2D eigenvalue weighted by atomic mass is 9.98. The molecule has 2 aliphatic rings. The number of rotatable bonds is 2. The van der Waals surface area contributed by atoms with E-state index < -0.39 is 0 Å². The third-order valence-corrected chi connectivity index (χ3v) is 6.92. The second-order valence-corrected chi connectivity index (χ2v) is 8.50. The van der Waals surface area contributed by atoms with Crippen molar-refractivity contribution in [3.63, 3.8) is 0 Å². The third kappa shape index (κ3) is 3.45. The average molecular weight is 397 g/mol. The van der Waals surface area contributed by atoms with E-state index >= 15 is 0 Å². The Kier molecular flexibility index (Phi) is 5.45. The molecule has 2 N–H and O–H groups in total. The smallest absolute Gasteiger partial charge is 0.263 e. The van der Waals surface area contributed by atoms with Crippen molar-refractivity contribution < 1.29 is 4.79 Å². The summed E-state index contributed by atoms with van der Waals surface area (Å²) in [4.78, 5) is 16.9. The molecule has 25 heavy (non-hydrogen) atoms. The summed E-state index contributed by atoms with van der Waals surface area (Å²) in [5.41, 5.74) is 8.39. The number of carbonyl (C=O) groups excluding carboxylic acids is 1. The molecule has 4 rings (SSSR count). The van der Waals surface area contributed by atoms with Crippen molar-refractivity contribution in [3.8, 4) is 10.4 Å². The molecule has 3 atom stereocenters. The molecule has 1 aliphatic heterocycles. The van der Waals surface area contributed by atoms with Gasteiger partial charge in [0.15, 0.2) is 0 Å². The summed E-state index contributed by atoms with van der Waals surface area (Å²) < 4.78 is 0. The van der Waals surface area contributed by atoms with E-state index in [0.717, 1.165) is 51.8 Å². The van der Waals surface area contributed by atoms with Crippen molar-refractivity contribution in [2.45, 2.75) is 25.8 Å². The van der Waals surface area contributed by atoms with E-state index in [-0.39, 0.29) is 24.4 Å². The monoisotopic (exact) mass is 396 g/mol. The number of halogens is 2. The van der Waals surface area contributed by atoms with Crippen molar-refractivity contribution >= 4 is 41.3 Å². The van der Waals surface area contributed by atoms with Crippen LogP contribution in [0.2, 0.25) is 5.02 Å². The molecule has 3 unspecified atom stereocenters. The molecule has 134 valence electrons. The number of carbonyl (C=O) groups is 1. The molecule has 1 aromatic heterocycles.